The third-order valence-electron chi connectivity index (χ3n) is 3.61. The Bertz CT molecular complexity index is 993. The monoisotopic (exact) mass is 336 g/mol. The van der Waals surface area contributed by atoms with Crippen LogP contribution in [-0.4, -0.2) is 16.4 Å². The molecule has 0 bridgehead atoms. The molecule has 0 amide bonds. The second-order valence-electron chi connectivity index (χ2n) is 5.10. The van der Waals surface area contributed by atoms with Crippen molar-refractivity contribution >= 4 is 28.4 Å². The van der Waals surface area contributed by atoms with E-state index >= 15 is 0 Å². The highest BCUT2D eigenvalue weighted by Crippen LogP contribution is 2.27. The lowest BCUT2D eigenvalue weighted by Crippen LogP contribution is -2.00. The summed E-state index contributed by atoms with van der Waals surface area (Å²) in [7, 11) is 0. The van der Waals surface area contributed by atoms with E-state index in [1.165, 1.54) is 11.3 Å². The van der Waals surface area contributed by atoms with E-state index in [0.29, 0.717) is 23.0 Å². The highest BCUT2D eigenvalue weighted by Gasteiger charge is 2.12. The van der Waals surface area contributed by atoms with Crippen molar-refractivity contribution in [2.24, 2.45) is 0 Å². The molecule has 0 N–H and O–H groups in total. The SMILES string of the molecule is O=Cc1c(OCc2noc(-c3cccs3)n2)ccc2ccccc12. The summed E-state index contributed by atoms with van der Waals surface area (Å²) in [4.78, 5) is 16.7. The summed E-state index contributed by atoms with van der Waals surface area (Å²) < 4.78 is 11.0. The van der Waals surface area contributed by atoms with E-state index in [0.717, 1.165) is 21.9 Å². The fourth-order valence-corrected chi connectivity index (χ4v) is 3.12. The number of carbonyl (C=O) groups excluding carboxylic acids is 1. The summed E-state index contributed by atoms with van der Waals surface area (Å²) >= 11 is 1.53. The van der Waals surface area contributed by atoms with E-state index < -0.39 is 0 Å². The third-order valence-corrected chi connectivity index (χ3v) is 4.46. The number of hydrogen-bond acceptors (Lipinski definition) is 6. The van der Waals surface area contributed by atoms with Gasteiger partial charge in [-0.25, -0.2) is 0 Å². The predicted octanol–water partition coefficient (Wildman–Crippen LogP) is 4.34. The summed E-state index contributed by atoms with van der Waals surface area (Å²) in [5.41, 5.74) is 0.523. The molecule has 6 heteroatoms. The maximum Gasteiger partial charge on any atom is 0.268 e. The first-order valence-corrected chi connectivity index (χ1v) is 8.19. The van der Waals surface area contributed by atoms with Crippen LogP contribution in [0.2, 0.25) is 0 Å². The first-order valence-electron chi connectivity index (χ1n) is 7.31. The lowest BCUT2D eigenvalue weighted by Gasteiger charge is -2.09. The van der Waals surface area contributed by atoms with Crippen LogP contribution in [0.15, 0.2) is 58.4 Å². The van der Waals surface area contributed by atoms with Gasteiger partial charge >= 0.3 is 0 Å². The number of benzene rings is 2. The lowest BCUT2D eigenvalue weighted by atomic mass is 10.0. The second-order valence-corrected chi connectivity index (χ2v) is 6.05. The normalized spacial score (nSPS) is 10.8. The van der Waals surface area contributed by atoms with Gasteiger partial charge in [-0.05, 0) is 28.3 Å². The van der Waals surface area contributed by atoms with E-state index in [2.05, 4.69) is 10.1 Å². The van der Waals surface area contributed by atoms with Crippen molar-refractivity contribution in [3.63, 3.8) is 0 Å². The standard InChI is InChI=1S/C18H12N2O3S/c21-10-14-13-5-2-1-4-12(13)7-8-15(14)22-11-17-19-18(23-20-17)16-6-3-9-24-16/h1-10H,11H2. The summed E-state index contributed by atoms with van der Waals surface area (Å²) in [6, 6.07) is 15.2. The van der Waals surface area contributed by atoms with Crippen LogP contribution < -0.4 is 4.74 Å². The van der Waals surface area contributed by atoms with E-state index in [4.69, 9.17) is 9.26 Å². The van der Waals surface area contributed by atoms with Crippen LogP contribution in [0.4, 0.5) is 0 Å². The molecular weight excluding hydrogens is 324 g/mol. The van der Waals surface area contributed by atoms with E-state index in [1.807, 2.05) is 47.8 Å². The van der Waals surface area contributed by atoms with Gasteiger partial charge in [-0.2, -0.15) is 4.98 Å². The first kappa shape index (κ1) is 14.6. The van der Waals surface area contributed by atoms with Gasteiger partial charge in [0.1, 0.15) is 5.75 Å². The largest absolute Gasteiger partial charge is 0.485 e. The molecule has 2 heterocycles. The number of carbonyl (C=O) groups is 1. The lowest BCUT2D eigenvalue weighted by molar-refractivity contribution is 0.112. The number of aromatic nitrogens is 2. The molecule has 0 radical (unpaired) electrons. The smallest absolute Gasteiger partial charge is 0.268 e. The molecule has 0 aliphatic heterocycles. The topological polar surface area (TPSA) is 65.2 Å². The van der Waals surface area contributed by atoms with Crippen LogP contribution in [0.1, 0.15) is 16.2 Å². The highest BCUT2D eigenvalue weighted by molar-refractivity contribution is 7.13. The zero-order valence-corrected chi connectivity index (χ0v) is 13.3. The summed E-state index contributed by atoms with van der Waals surface area (Å²) in [5.74, 6) is 1.41. The van der Waals surface area contributed by atoms with Crippen LogP contribution in [0.25, 0.3) is 21.5 Å². The Labute approximate surface area is 141 Å². The molecule has 2 aromatic heterocycles. The minimum Gasteiger partial charge on any atom is -0.485 e. The Morgan fingerprint density at radius 1 is 1.12 bits per heavy atom. The zero-order valence-electron chi connectivity index (χ0n) is 12.5. The molecule has 4 rings (SSSR count). The van der Waals surface area contributed by atoms with E-state index in [-0.39, 0.29) is 6.61 Å². The van der Waals surface area contributed by atoms with Gasteiger partial charge < -0.3 is 9.26 Å². The number of aldehydes is 1. The minimum atomic E-state index is 0.133. The number of rotatable bonds is 5. The number of thiophene rings is 1. The minimum absolute atomic E-state index is 0.133. The zero-order chi connectivity index (χ0) is 16.4. The predicted molar refractivity (Wildman–Crippen MR) is 91.3 cm³/mol. The molecule has 0 fully saturated rings. The van der Waals surface area contributed by atoms with Gasteiger partial charge in [0.25, 0.3) is 5.89 Å². The quantitative estimate of drug-likeness (QED) is 0.507. The molecule has 118 valence electrons. The fraction of sp³-hybridized carbons (Fsp3) is 0.0556. The van der Waals surface area contributed by atoms with Crippen molar-refractivity contribution in [2.75, 3.05) is 0 Å². The van der Waals surface area contributed by atoms with Crippen LogP contribution in [0.5, 0.6) is 5.75 Å². The van der Waals surface area contributed by atoms with Gasteiger partial charge in [-0.3, -0.25) is 4.79 Å². The van der Waals surface area contributed by atoms with Gasteiger partial charge in [0.05, 0.1) is 10.4 Å². The Kier molecular flexibility index (Phi) is 3.80. The molecule has 0 saturated carbocycles. The Morgan fingerprint density at radius 3 is 2.88 bits per heavy atom. The average Bonchev–Trinajstić information content (AvgIpc) is 3.30. The van der Waals surface area contributed by atoms with Crippen molar-refractivity contribution in [3.05, 3.63) is 65.3 Å². The van der Waals surface area contributed by atoms with Gasteiger partial charge in [-0.1, -0.05) is 41.6 Å². The summed E-state index contributed by atoms with van der Waals surface area (Å²) in [6.07, 6.45) is 0.810. The summed E-state index contributed by atoms with van der Waals surface area (Å²) in [5, 5.41) is 7.71. The maximum absolute atomic E-state index is 11.5. The Balaban J connectivity index is 1.58. The Hall–Kier alpha value is -2.99. The first-order chi connectivity index (χ1) is 11.8. The summed E-state index contributed by atoms with van der Waals surface area (Å²) in [6.45, 7) is 0.133. The second kappa shape index (κ2) is 6.25. The van der Waals surface area contributed by atoms with Crippen LogP contribution >= 0.6 is 11.3 Å². The highest BCUT2D eigenvalue weighted by atomic mass is 32.1. The molecule has 0 atom stereocenters. The van der Waals surface area contributed by atoms with Crippen LogP contribution in [0.3, 0.4) is 0 Å². The molecule has 0 unspecified atom stereocenters. The van der Waals surface area contributed by atoms with Crippen molar-refractivity contribution < 1.29 is 14.1 Å². The maximum atomic E-state index is 11.5. The van der Waals surface area contributed by atoms with E-state index in [9.17, 15) is 4.79 Å². The third kappa shape index (κ3) is 2.68. The van der Waals surface area contributed by atoms with E-state index in [1.54, 1.807) is 6.07 Å². The van der Waals surface area contributed by atoms with Crippen molar-refractivity contribution in [1.82, 2.24) is 10.1 Å². The number of nitrogens with zero attached hydrogens (tertiary/aromatic N) is 2. The van der Waals surface area contributed by atoms with Gasteiger partial charge in [0.2, 0.25) is 5.82 Å². The molecule has 2 aromatic carbocycles. The number of ether oxygens (including phenoxy) is 1. The molecule has 24 heavy (non-hydrogen) atoms. The van der Waals surface area contributed by atoms with Crippen LogP contribution in [0, 0.1) is 0 Å². The van der Waals surface area contributed by atoms with Crippen molar-refractivity contribution in [1.29, 1.82) is 0 Å². The average molecular weight is 336 g/mol. The van der Waals surface area contributed by atoms with Gasteiger partial charge in [-0.15, -0.1) is 11.3 Å². The number of hydrogen-bond donors (Lipinski definition) is 0. The fourth-order valence-electron chi connectivity index (χ4n) is 2.48. The van der Waals surface area contributed by atoms with Crippen molar-refractivity contribution in [3.8, 4) is 16.5 Å². The van der Waals surface area contributed by atoms with Gasteiger partial charge in [0.15, 0.2) is 12.9 Å². The van der Waals surface area contributed by atoms with Gasteiger partial charge in [0, 0.05) is 0 Å². The number of fused-ring (bicyclic) bond motifs is 1. The molecule has 0 saturated heterocycles. The molecule has 4 aromatic rings. The molecular formula is C18H12N2O3S. The molecule has 5 nitrogen and oxygen atoms in total. The molecule has 0 aliphatic rings. The Morgan fingerprint density at radius 2 is 2.04 bits per heavy atom. The van der Waals surface area contributed by atoms with Crippen molar-refractivity contribution in [2.45, 2.75) is 6.61 Å². The molecule has 0 spiro atoms. The molecule has 0 aliphatic carbocycles. The van der Waals surface area contributed by atoms with Crippen LogP contribution in [-0.2, 0) is 6.61 Å².